The van der Waals surface area contributed by atoms with E-state index in [0.717, 1.165) is 18.3 Å². The number of nitrogens with zero attached hydrogens (tertiary/aromatic N) is 5. The molecular weight excluding hydrogens is 466 g/mol. The second-order valence-corrected chi connectivity index (χ2v) is 8.79. The standard InChI is InChI=1S/C20H17F4N5O3S/c21-14-3-4-16(25-10-14)29(20(30)28-5-7-33(31)8-6-28)11-13-2-1-12(9-15(13)22)18-26-27-19(32-18)17(23)24/h1-4,9-10,17H,5-8,11H2. The van der Waals surface area contributed by atoms with Crippen LogP contribution in [-0.4, -0.2) is 54.9 Å². The number of anilines is 1. The first-order chi connectivity index (χ1) is 15.8. The average Bonchev–Trinajstić information content (AvgIpc) is 3.30. The SMILES string of the molecule is O=C(N1CCS(=O)CC1)N(Cc1ccc(-c2nnc(C(F)F)o2)cc1F)c1ccc(F)cn1. The second-order valence-electron chi connectivity index (χ2n) is 7.09. The molecule has 33 heavy (non-hydrogen) atoms. The first kappa shape index (κ1) is 22.8. The number of aromatic nitrogens is 3. The number of carbonyl (C=O) groups excluding carboxylic acids is 1. The molecule has 13 heteroatoms. The smallest absolute Gasteiger partial charge is 0.326 e. The van der Waals surface area contributed by atoms with Crippen molar-refractivity contribution in [2.75, 3.05) is 29.5 Å². The maximum atomic E-state index is 14.9. The van der Waals surface area contributed by atoms with Gasteiger partial charge in [-0.05, 0) is 24.3 Å². The summed E-state index contributed by atoms with van der Waals surface area (Å²) in [6.45, 7) is 0.275. The van der Waals surface area contributed by atoms with Crippen LogP contribution in [0.15, 0.2) is 40.9 Å². The fourth-order valence-corrected chi connectivity index (χ4v) is 4.24. The molecule has 0 aliphatic carbocycles. The third-order valence-corrected chi connectivity index (χ3v) is 6.20. The molecule has 0 bridgehead atoms. The lowest BCUT2D eigenvalue weighted by Crippen LogP contribution is -2.49. The van der Waals surface area contributed by atoms with Crippen LogP contribution in [0.3, 0.4) is 0 Å². The largest absolute Gasteiger partial charge is 0.415 e. The van der Waals surface area contributed by atoms with Crippen molar-refractivity contribution in [3.05, 3.63) is 59.6 Å². The summed E-state index contributed by atoms with van der Waals surface area (Å²) in [5.41, 5.74) is 0.180. The van der Waals surface area contributed by atoms with Gasteiger partial charge in [-0.2, -0.15) is 8.78 Å². The van der Waals surface area contributed by atoms with E-state index in [1.807, 2.05) is 0 Å². The van der Waals surface area contributed by atoms with Gasteiger partial charge in [0.2, 0.25) is 5.89 Å². The zero-order valence-electron chi connectivity index (χ0n) is 17.0. The van der Waals surface area contributed by atoms with Crippen LogP contribution in [0.25, 0.3) is 11.5 Å². The van der Waals surface area contributed by atoms with Crippen LogP contribution in [0.5, 0.6) is 0 Å². The van der Waals surface area contributed by atoms with Gasteiger partial charge in [0.1, 0.15) is 17.5 Å². The van der Waals surface area contributed by atoms with Crippen molar-refractivity contribution in [1.82, 2.24) is 20.1 Å². The van der Waals surface area contributed by atoms with Gasteiger partial charge in [-0.3, -0.25) is 9.11 Å². The maximum absolute atomic E-state index is 14.9. The highest BCUT2D eigenvalue weighted by Gasteiger charge is 2.28. The topological polar surface area (TPSA) is 92.4 Å². The predicted octanol–water partition coefficient (Wildman–Crippen LogP) is 3.54. The number of amides is 2. The van der Waals surface area contributed by atoms with Crippen molar-refractivity contribution in [3.63, 3.8) is 0 Å². The maximum Gasteiger partial charge on any atom is 0.326 e. The molecule has 2 amide bonds. The van der Waals surface area contributed by atoms with Crippen LogP contribution < -0.4 is 4.90 Å². The van der Waals surface area contributed by atoms with E-state index in [2.05, 4.69) is 15.2 Å². The number of alkyl halides is 2. The van der Waals surface area contributed by atoms with Crippen LogP contribution in [0.4, 0.5) is 28.2 Å². The monoisotopic (exact) mass is 483 g/mol. The van der Waals surface area contributed by atoms with Gasteiger partial charge in [0.25, 0.3) is 5.89 Å². The highest BCUT2D eigenvalue weighted by molar-refractivity contribution is 7.85. The molecule has 0 saturated carbocycles. The molecule has 0 radical (unpaired) electrons. The Morgan fingerprint density at radius 3 is 2.52 bits per heavy atom. The molecule has 3 heterocycles. The number of halogens is 4. The van der Waals surface area contributed by atoms with Crippen LogP contribution >= 0.6 is 0 Å². The van der Waals surface area contributed by atoms with Gasteiger partial charge in [-0.15, -0.1) is 10.2 Å². The quantitative estimate of drug-likeness (QED) is 0.516. The lowest BCUT2D eigenvalue weighted by molar-refractivity contribution is 0.116. The zero-order chi connectivity index (χ0) is 23.5. The average molecular weight is 483 g/mol. The lowest BCUT2D eigenvalue weighted by atomic mass is 10.1. The number of pyridine rings is 1. The van der Waals surface area contributed by atoms with Gasteiger partial charge >= 0.3 is 12.5 Å². The molecule has 1 aromatic carbocycles. The number of hydrogen-bond acceptors (Lipinski definition) is 6. The number of benzene rings is 1. The Morgan fingerprint density at radius 2 is 1.91 bits per heavy atom. The number of rotatable bonds is 5. The Morgan fingerprint density at radius 1 is 1.15 bits per heavy atom. The molecule has 174 valence electrons. The van der Waals surface area contributed by atoms with Crippen molar-refractivity contribution in [2.45, 2.75) is 13.0 Å². The van der Waals surface area contributed by atoms with Crippen LogP contribution in [0.1, 0.15) is 17.9 Å². The van der Waals surface area contributed by atoms with E-state index >= 15 is 0 Å². The minimum Gasteiger partial charge on any atom is -0.415 e. The first-order valence-electron chi connectivity index (χ1n) is 9.75. The molecule has 1 aliphatic rings. The summed E-state index contributed by atoms with van der Waals surface area (Å²) >= 11 is 0. The normalized spacial score (nSPS) is 14.6. The Hall–Kier alpha value is -3.35. The summed E-state index contributed by atoms with van der Waals surface area (Å²) in [6, 6.07) is 5.71. The van der Waals surface area contributed by atoms with Crippen molar-refractivity contribution in [1.29, 1.82) is 0 Å². The van der Waals surface area contributed by atoms with Crippen LogP contribution in [0, 0.1) is 11.6 Å². The highest BCUT2D eigenvalue weighted by Crippen LogP contribution is 2.26. The molecule has 1 saturated heterocycles. The summed E-state index contributed by atoms with van der Waals surface area (Å²) in [7, 11) is -1.01. The molecule has 0 atom stereocenters. The minimum atomic E-state index is -2.95. The van der Waals surface area contributed by atoms with Crippen molar-refractivity contribution in [2.24, 2.45) is 0 Å². The highest BCUT2D eigenvalue weighted by atomic mass is 32.2. The van der Waals surface area contributed by atoms with Gasteiger partial charge in [0.05, 0.1) is 12.7 Å². The van der Waals surface area contributed by atoms with Gasteiger partial charge in [-0.25, -0.2) is 18.6 Å². The zero-order valence-corrected chi connectivity index (χ0v) is 17.8. The van der Waals surface area contributed by atoms with E-state index in [0.29, 0.717) is 11.5 Å². The van der Waals surface area contributed by atoms with E-state index in [1.54, 1.807) is 0 Å². The summed E-state index contributed by atoms with van der Waals surface area (Å²) in [6.07, 6.45) is -2.01. The van der Waals surface area contributed by atoms with Gasteiger partial charge in [-0.1, -0.05) is 6.07 Å². The van der Waals surface area contributed by atoms with Crippen molar-refractivity contribution < 1.29 is 31.0 Å². The molecular formula is C20H17F4N5O3S. The molecule has 0 unspecified atom stereocenters. The molecule has 0 spiro atoms. The molecule has 8 nitrogen and oxygen atoms in total. The van der Waals surface area contributed by atoms with E-state index in [9.17, 15) is 26.6 Å². The van der Waals surface area contributed by atoms with Crippen molar-refractivity contribution >= 4 is 22.6 Å². The van der Waals surface area contributed by atoms with Gasteiger partial charge in [0.15, 0.2) is 0 Å². The van der Waals surface area contributed by atoms with Gasteiger partial charge < -0.3 is 9.32 Å². The Kier molecular flexibility index (Phi) is 6.67. The Bertz CT molecular complexity index is 1160. The molecule has 2 aromatic heterocycles. The third kappa shape index (κ3) is 5.18. The Balaban J connectivity index is 1.60. The number of urea groups is 1. The van der Waals surface area contributed by atoms with E-state index < -0.39 is 40.8 Å². The Labute approximate surface area is 187 Å². The van der Waals surface area contributed by atoms with Gasteiger partial charge in [0, 0.05) is 46.5 Å². The molecule has 4 rings (SSSR count). The molecule has 3 aromatic rings. The summed E-state index contributed by atoms with van der Waals surface area (Å²) in [4.78, 5) is 19.8. The molecule has 1 aliphatic heterocycles. The summed E-state index contributed by atoms with van der Waals surface area (Å²) < 4.78 is 70.0. The van der Waals surface area contributed by atoms with E-state index in [-0.39, 0.29) is 42.5 Å². The van der Waals surface area contributed by atoms with Crippen LogP contribution in [-0.2, 0) is 17.3 Å². The van der Waals surface area contributed by atoms with E-state index in [4.69, 9.17) is 4.42 Å². The number of carbonyl (C=O) groups is 1. The minimum absolute atomic E-state index is 0.0898. The fraction of sp³-hybridized carbons (Fsp3) is 0.300. The fourth-order valence-electron chi connectivity index (χ4n) is 3.19. The predicted molar refractivity (Wildman–Crippen MR) is 110 cm³/mol. The summed E-state index contributed by atoms with van der Waals surface area (Å²) in [5.74, 6) is -1.74. The lowest BCUT2D eigenvalue weighted by Gasteiger charge is -2.32. The number of hydrogen-bond donors (Lipinski definition) is 0. The van der Waals surface area contributed by atoms with Crippen molar-refractivity contribution in [3.8, 4) is 11.5 Å². The summed E-state index contributed by atoms with van der Waals surface area (Å²) in [5, 5.41) is 6.70. The molecule has 0 N–H and O–H groups in total. The molecule has 1 fully saturated rings. The second kappa shape index (κ2) is 9.65. The van der Waals surface area contributed by atoms with Crippen LogP contribution in [0.2, 0.25) is 0 Å². The third-order valence-electron chi connectivity index (χ3n) is 4.92. The van der Waals surface area contributed by atoms with E-state index in [1.165, 1.54) is 28.0 Å². The first-order valence-corrected chi connectivity index (χ1v) is 11.2.